The highest BCUT2D eigenvalue weighted by Crippen LogP contribution is 2.34. The summed E-state index contributed by atoms with van der Waals surface area (Å²) in [6.45, 7) is 3.26. The third kappa shape index (κ3) is 4.04. The molecule has 152 valence electrons. The zero-order chi connectivity index (χ0) is 21.4. The molecule has 1 aliphatic rings. The fourth-order valence-electron chi connectivity index (χ4n) is 3.33. The summed E-state index contributed by atoms with van der Waals surface area (Å²) >= 11 is 0. The van der Waals surface area contributed by atoms with Gasteiger partial charge >= 0.3 is 6.18 Å². The van der Waals surface area contributed by atoms with Gasteiger partial charge < -0.3 is 9.88 Å². The van der Waals surface area contributed by atoms with Crippen molar-refractivity contribution in [2.45, 2.75) is 44.6 Å². The predicted molar refractivity (Wildman–Crippen MR) is 101 cm³/mol. The summed E-state index contributed by atoms with van der Waals surface area (Å²) in [4.78, 5) is 12.9. The van der Waals surface area contributed by atoms with Crippen molar-refractivity contribution in [2.24, 2.45) is 0 Å². The molecule has 1 unspecified atom stereocenters. The maximum absolute atomic E-state index is 13.8. The van der Waals surface area contributed by atoms with Gasteiger partial charge in [-0.05, 0) is 56.2 Å². The number of carbonyl (C=O) groups is 1. The summed E-state index contributed by atoms with van der Waals surface area (Å²) in [5.41, 5.74) is -1.38. The lowest BCUT2D eigenvalue weighted by molar-refractivity contribution is -0.137. The lowest BCUT2D eigenvalue weighted by Crippen LogP contribution is -2.40. The van der Waals surface area contributed by atoms with E-state index in [-0.39, 0.29) is 18.5 Å². The zero-order valence-corrected chi connectivity index (χ0v) is 15.8. The van der Waals surface area contributed by atoms with E-state index in [0.717, 1.165) is 17.7 Å². The van der Waals surface area contributed by atoms with Crippen molar-refractivity contribution in [1.82, 2.24) is 4.57 Å². The number of nitrogens with one attached hydrogen (secondary N) is 1. The number of fused-ring (bicyclic) bond motifs is 1. The van der Waals surface area contributed by atoms with Gasteiger partial charge in [0.25, 0.3) is 0 Å². The van der Waals surface area contributed by atoms with E-state index in [0.29, 0.717) is 5.69 Å². The summed E-state index contributed by atoms with van der Waals surface area (Å²) < 4.78 is 55.0. The first-order chi connectivity index (χ1) is 13.5. The van der Waals surface area contributed by atoms with Gasteiger partial charge in [0.1, 0.15) is 11.7 Å². The van der Waals surface area contributed by atoms with E-state index < -0.39 is 34.9 Å². The molecule has 1 aromatic carbocycles. The molecule has 0 radical (unpaired) electrons. The first-order valence-electron chi connectivity index (χ1n) is 8.98. The Hall–Kier alpha value is -3.08. The number of nitrogens with zero attached hydrogens (tertiary/aromatic N) is 2. The third-order valence-electron chi connectivity index (χ3n) is 4.98. The van der Waals surface area contributed by atoms with Crippen LogP contribution in [-0.4, -0.2) is 16.6 Å². The van der Waals surface area contributed by atoms with Gasteiger partial charge in [0.05, 0.1) is 17.2 Å². The molecule has 0 fully saturated rings. The van der Waals surface area contributed by atoms with Crippen LogP contribution in [0.15, 0.2) is 36.5 Å². The topological polar surface area (TPSA) is 57.8 Å². The number of benzene rings is 1. The highest BCUT2D eigenvalue weighted by atomic mass is 19.4. The molecule has 1 amide bonds. The SMILES string of the molecule is CC(C)(C(=O)Nc1ccc(C#N)c(C(F)(F)F)c1)n1ccc2c1C=CCC(F)C2. The van der Waals surface area contributed by atoms with Crippen molar-refractivity contribution in [3.63, 3.8) is 0 Å². The number of hydrogen-bond acceptors (Lipinski definition) is 2. The van der Waals surface area contributed by atoms with Gasteiger partial charge in [-0.15, -0.1) is 0 Å². The van der Waals surface area contributed by atoms with Crippen molar-refractivity contribution < 1.29 is 22.4 Å². The zero-order valence-electron chi connectivity index (χ0n) is 15.8. The smallest absolute Gasteiger partial charge is 0.333 e. The molecule has 3 rings (SSSR count). The molecule has 4 nitrogen and oxygen atoms in total. The van der Waals surface area contributed by atoms with Gasteiger partial charge in [-0.3, -0.25) is 4.79 Å². The first-order valence-corrected chi connectivity index (χ1v) is 8.98. The standard InChI is InChI=1S/C21H19F4N3O/c1-20(2,28-9-8-13-10-15(22)4-3-5-18(13)28)19(29)27-16-7-6-14(12-26)17(11-16)21(23,24)25/h3,5-9,11,15H,4,10H2,1-2H3,(H,27,29). The Morgan fingerprint density at radius 3 is 2.66 bits per heavy atom. The van der Waals surface area contributed by atoms with Crippen LogP contribution in [0.5, 0.6) is 0 Å². The minimum Gasteiger partial charge on any atom is -0.333 e. The Kier molecular flexibility index (Phi) is 5.26. The van der Waals surface area contributed by atoms with Gasteiger partial charge in [0.15, 0.2) is 0 Å². The van der Waals surface area contributed by atoms with Gasteiger partial charge in [-0.25, -0.2) is 4.39 Å². The van der Waals surface area contributed by atoms with Crippen LogP contribution >= 0.6 is 0 Å². The number of allylic oxidation sites excluding steroid dienone is 1. The predicted octanol–water partition coefficient (Wildman–Crippen LogP) is 5.05. The molecule has 0 spiro atoms. The second-order valence-corrected chi connectivity index (χ2v) is 7.42. The summed E-state index contributed by atoms with van der Waals surface area (Å²) in [6.07, 6.45) is -0.0615. The van der Waals surface area contributed by atoms with Crippen molar-refractivity contribution in [1.29, 1.82) is 5.26 Å². The maximum atomic E-state index is 13.8. The molecular weight excluding hydrogens is 386 g/mol. The van der Waals surface area contributed by atoms with E-state index in [4.69, 9.17) is 5.26 Å². The highest BCUT2D eigenvalue weighted by Gasteiger charge is 2.35. The number of anilines is 1. The molecular formula is C21H19F4N3O. The molecule has 0 saturated carbocycles. The lowest BCUT2D eigenvalue weighted by Gasteiger charge is -2.28. The molecule has 1 N–H and O–H groups in total. The number of rotatable bonds is 3. The second kappa shape index (κ2) is 7.39. The molecule has 0 aliphatic heterocycles. The third-order valence-corrected chi connectivity index (χ3v) is 4.98. The number of hydrogen-bond donors (Lipinski definition) is 1. The quantitative estimate of drug-likeness (QED) is 0.727. The first kappa shape index (κ1) is 20.6. The molecule has 2 aromatic rings. The van der Waals surface area contributed by atoms with Gasteiger partial charge in [0.2, 0.25) is 5.91 Å². The van der Waals surface area contributed by atoms with Crippen LogP contribution in [-0.2, 0) is 22.9 Å². The van der Waals surface area contributed by atoms with E-state index in [2.05, 4.69) is 5.32 Å². The monoisotopic (exact) mass is 405 g/mol. The lowest BCUT2D eigenvalue weighted by atomic mass is 10.0. The Morgan fingerprint density at radius 2 is 2.00 bits per heavy atom. The van der Waals surface area contributed by atoms with Crippen LogP contribution in [0, 0.1) is 11.3 Å². The fourth-order valence-corrected chi connectivity index (χ4v) is 3.33. The summed E-state index contributed by atoms with van der Waals surface area (Å²) in [5, 5.41) is 11.4. The molecule has 0 bridgehead atoms. The van der Waals surface area contributed by atoms with E-state index in [1.807, 2.05) is 0 Å². The number of nitriles is 1. The minimum atomic E-state index is -4.72. The van der Waals surface area contributed by atoms with E-state index in [9.17, 15) is 22.4 Å². The van der Waals surface area contributed by atoms with Crippen LogP contribution in [0.2, 0.25) is 0 Å². The van der Waals surface area contributed by atoms with E-state index >= 15 is 0 Å². The normalized spacial score (nSPS) is 16.7. The Labute approximate surface area is 165 Å². The number of halogens is 4. The molecule has 1 atom stereocenters. The molecule has 0 saturated heterocycles. The van der Waals surface area contributed by atoms with Crippen molar-refractivity contribution >= 4 is 17.7 Å². The van der Waals surface area contributed by atoms with Crippen LogP contribution in [0.4, 0.5) is 23.2 Å². The average molecular weight is 405 g/mol. The molecule has 1 aliphatic carbocycles. The fraction of sp³-hybridized carbons (Fsp3) is 0.333. The summed E-state index contributed by atoms with van der Waals surface area (Å²) in [6, 6.07) is 6.28. The number of alkyl halides is 4. The highest BCUT2D eigenvalue weighted by molar-refractivity contribution is 5.96. The number of amides is 1. The Bertz CT molecular complexity index is 1010. The van der Waals surface area contributed by atoms with Gasteiger partial charge in [-0.1, -0.05) is 6.08 Å². The Morgan fingerprint density at radius 1 is 1.28 bits per heavy atom. The molecule has 1 heterocycles. The van der Waals surface area contributed by atoms with Gasteiger partial charge in [-0.2, -0.15) is 18.4 Å². The largest absolute Gasteiger partial charge is 0.417 e. The molecule has 1 aromatic heterocycles. The van der Waals surface area contributed by atoms with Crippen LogP contribution < -0.4 is 5.32 Å². The summed E-state index contributed by atoms with van der Waals surface area (Å²) in [7, 11) is 0. The molecule has 8 heteroatoms. The van der Waals surface area contributed by atoms with Crippen LogP contribution in [0.25, 0.3) is 6.08 Å². The van der Waals surface area contributed by atoms with Crippen LogP contribution in [0.3, 0.4) is 0 Å². The van der Waals surface area contributed by atoms with E-state index in [1.165, 1.54) is 12.1 Å². The van der Waals surface area contributed by atoms with Crippen molar-refractivity contribution in [3.05, 3.63) is 58.9 Å². The Balaban J connectivity index is 1.91. The van der Waals surface area contributed by atoms with Crippen molar-refractivity contribution in [3.8, 4) is 6.07 Å². The van der Waals surface area contributed by atoms with Crippen molar-refractivity contribution in [2.75, 3.05) is 5.32 Å². The minimum absolute atomic E-state index is 0.0630. The van der Waals surface area contributed by atoms with Crippen LogP contribution in [0.1, 0.15) is 42.7 Å². The average Bonchev–Trinajstić information content (AvgIpc) is 2.95. The number of aromatic nitrogens is 1. The van der Waals surface area contributed by atoms with E-state index in [1.54, 1.807) is 42.8 Å². The maximum Gasteiger partial charge on any atom is 0.417 e. The number of carbonyl (C=O) groups excluding carboxylic acids is 1. The second-order valence-electron chi connectivity index (χ2n) is 7.42. The van der Waals surface area contributed by atoms with Gasteiger partial charge in [0, 0.05) is 24.0 Å². The summed E-state index contributed by atoms with van der Waals surface area (Å²) in [5.74, 6) is -0.539. The molecule has 29 heavy (non-hydrogen) atoms.